The molecule has 0 saturated carbocycles. The minimum absolute atomic E-state index is 0.0755. The summed E-state index contributed by atoms with van der Waals surface area (Å²) < 4.78 is 32.8. The van der Waals surface area contributed by atoms with Crippen molar-refractivity contribution in [3.05, 3.63) is 82.9 Å². The van der Waals surface area contributed by atoms with Gasteiger partial charge in [-0.15, -0.1) is 0 Å². The number of amides is 1. The Morgan fingerprint density at radius 3 is 2.15 bits per heavy atom. The number of ether oxygens (including phenoxy) is 1. The van der Waals surface area contributed by atoms with Crippen LogP contribution >= 0.6 is 0 Å². The van der Waals surface area contributed by atoms with Crippen LogP contribution < -0.4 is 15.8 Å². The summed E-state index contributed by atoms with van der Waals surface area (Å²) in [6.45, 7) is 1.81. The van der Waals surface area contributed by atoms with Crippen LogP contribution in [-0.2, 0) is 14.3 Å². The first kappa shape index (κ1) is 24.5. The normalized spacial score (nSPS) is 10.9. The molecule has 0 aromatic heterocycles. The molecule has 3 rings (SSSR count). The lowest BCUT2D eigenvalue weighted by Gasteiger charge is -2.15. The number of nitrogen functional groups attached to an aromatic ring is 1. The second-order valence-corrected chi connectivity index (χ2v) is 9.06. The van der Waals surface area contributed by atoms with E-state index in [0.717, 1.165) is 11.8 Å². The lowest BCUT2D eigenvalue weighted by molar-refractivity contribution is 0.0748. The number of nitrogens with two attached hydrogens (primary N) is 1. The first-order chi connectivity index (χ1) is 16.0. The second kappa shape index (κ2) is 9.75. The molecule has 176 valence electrons. The van der Waals surface area contributed by atoms with E-state index in [-0.39, 0.29) is 17.0 Å². The van der Waals surface area contributed by atoms with Gasteiger partial charge in [0.1, 0.15) is 11.6 Å². The maximum absolute atomic E-state index is 13.2. The molecule has 0 bridgehead atoms. The highest BCUT2D eigenvalue weighted by molar-refractivity contribution is 7.86. The van der Waals surface area contributed by atoms with E-state index in [1.165, 1.54) is 13.2 Å². The zero-order valence-electron chi connectivity index (χ0n) is 18.7. The van der Waals surface area contributed by atoms with Crippen LogP contribution in [0, 0.1) is 12.3 Å². The number of benzene rings is 3. The van der Waals surface area contributed by atoms with Gasteiger partial charge in [-0.3, -0.25) is 10.2 Å². The topological polar surface area (TPSA) is 149 Å². The van der Waals surface area contributed by atoms with Gasteiger partial charge in [0.05, 0.1) is 18.9 Å². The molecule has 3 aromatic carbocycles. The quantitative estimate of drug-likeness (QED) is 0.266. The van der Waals surface area contributed by atoms with Crippen molar-refractivity contribution in [2.24, 2.45) is 5.73 Å². The molecule has 0 aliphatic heterocycles. The Labute approximate surface area is 197 Å². The molecule has 0 radical (unpaired) electrons. The molecule has 0 atom stereocenters. The van der Waals surface area contributed by atoms with Gasteiger partial charge in [-0.05, 0) is 66.6 Å². The number of carbonyl (C=O) groups excluding carboxylic acids is 2. The smallest absolute Gasteiger partial charge is 0.354 e. The number of hydrogen-bond acceptors (Lipinski definition) is 7. The molecule has 0 aliphatic rings. The number of aryl methyl sites for hydroxylation is 1. The molecule has 0 heterocycles. The van der Waals surface area contributed by atoms with Gasteiger partial charge in [0, 0.05) is 16.8 Å². The van der Waals surface area contributed by atoms with E-state index in [1.54, 1.807) is 54.6 Å². The van der Waals surface area contributed by atoms with E-state index in [0.29, 0.717) is 28.1 Å². The first-order valence-corrected chi connectivity index (χ1v) is 11.8. The van der Waals surface area contributed by atoms with Gasteiger partial charge in [0.25, 0.3) is 5.91 Å². The van der Waals surface area contributed by atoms with Crippen LogP contribution in [0.25, 0.3) is 11.1 Å². The van der Waals surface area contributed by atoms with Crippen molar-refractivity contribution in [2.75, 3.05) is 18.7 Å². The van der Waals surface area contributed by atoms with Crippen molar-refractivity contribution in [1.82, 2.24) is 0 Å². The van der Waals surface area contributed by atoms with Crippen LogP contribution in [0.2, 0.25) is 0 Å². The van der Waals surface area contributed by atoms with Crippen molar-refractivity contribution >= 4 is 33.5 Å². The highest BCUT2D eigenvalue weighted by Gasteiger charge is 2.23. The monoisotopic (exact) mass is 481 g/mol. The summed E-state index contributed by atoms with van der Waals surface area (Å²) in [5.41, 5.74) is 8.14. The standard InChI is InChI=1S/C24H23N3O6S/c1-14-4-10-18(19-11-9-17(32-2)13-21(19)24(29)33-34(3,30)31)20(12-14)23(28)27-16-7-5-15(6-8-16)22(25)26/h4-13H,1-3H3,(H3,25,26)(H,27,28). The molecule has 1 amide bonds. The van der Waals surface area contributed by atoms with E-state index < -0.39 is 22.0 Å². The third-order valence-corrected chi connectivity index (χ3v) is 5.29. The number of nitrogens with one attached hydrogen (secondary N) is 2. The highest BCUT2D eigenvalue weighted by Crippen LogP contribution is 2.32. The van der Waals surface area contributed by atoms with E-state index >= 15 is 0 Å². The average molecular weight is 482 g/mol. The highest BCUT2D eigenvalue weighted by atomic mass is 32.2. The van der Waals surface area contributed by atoms with E-state index in [2.05, 4.69) is 9.50 Å². The predicted octanol–water partition coefficient (Wildman–Crippen LogP) is 3.32. The summed E-state index contributed by atoms with van der Waals surface area (Å²) in [6, 6.07) is 16.0. The Balaban J connectivity index is 2.07. The summed E-state index contributed by atoms with van der Waals surface area (Å²) >= 11 is 0. The molecule has 0 fully saturated rings. The third kappa shape index (κ3) is 5.78. The van der Waals surface area contributed by atoms with Gasteiger partial charge in [-0.25, -0.2) is 4.79 Å². The molecular weight excluding hydrogens is 458 g/mol. The summed E-state index contributed by atoms with van der Waals surface area (Å²) in [6.07, 6.45) is 0.771. The largest absolute Gasteiger partial charge is 0.497 e. The predicted molar refractivity (Wildman–Crippen MR) is 129 cm³/mol. The lowest BCUT2D eigenvalue weighted by atomic mass is 9.93. The molecule has 0 spiro atoms. The molecule has 34 heavy (non-hydrogen) atoms. The second-order valence-electron chi connectivity index (χ2n) is 7.48. The molecular formula is C24H23N3O6S. The Morgan fingerprint density at radius 2 is 1.56 bits per heavy atom. The average Bonchev–Trinajstić information content (AvgIpc) is 2.78. The van der Waals surface area contributed by atoms with Crippen LogP contribution in [0.4, 0.5) is 5.69 Å². The van der Waals surface area contributed by atoms with Crippen LogP contribution in [0.3, 0.4) is 0 Å². The number of anilines is 1. The SMILES string of the molecule is COc1ccc(-c2ccc(C)cc2C(=O)Nc2ccc(C(=N)N)cc2)c(C(=O)OS(C)(=O)=O)c1. The number of amidine groups is 1. The maximum Gasteiger partial charge on any atom is 0.354 e. The van der Waals surface area contributed by atoms with E-state index in [1.807, 2.05) is 6.92 Å². The molecule has 0 aliphatic carbocycles. The minimum Gasteiger partial charge on any atom is -0.497 e. The Hall–Kier alpha value is -4.18. The lowest BCUT2D eigenvalue weighted by Crippen LogP contribution is -2.16. The first-order valence-electron chi connectivity index (χ1n) is 9.97. The Morgan fingerprint density at radius 1 is 0.941 bits per heavy atom. The van der Waals surface area contributed by atoms with Crippen LogP contribution in [0.1, 0.15) is 31.8 Å². The fourth-order valence-electron chi connectivity index (χ4n) is 3.25. The fourth-order valence-corrected chi connectivity index (χ4v) is 3.61. The van der Waals surface area contributed by atoms with Crippen molar-refractivity contribution in [3.8, 4) is 16.9 Å². The van der Waals surface area contributed by atoms with E-state index in [9.17, 15) is 18.0 Å². The van der Waals surface area contributed by atoms with E-state index in [4.69, 9.17) is 15.9 Å². The van der Waals surface area contributed by atoms with Crippen LogP contribution in [0.5, 0.6) is 5.75 Å². The zero-order valence-corrected chi connectivity index (χ0v) is 19.5. The number of methoxy groups -OCH3 is 1. The summed E-state index contributed by atoms with van der Waals surface area (Å²) in [7, 11) is -2.66. The van der Waals surface area contributed by atoms with Gasteiger partial charge in [0.15, 0.2) is 0 Å². The molecule has 9 nitrogen and oxygen atoms in total. The third-order valence-electron chi connectivity index (χ3n) is 4.84. The van der Waals surface area contributed by atoms with Crippen LogP contribution in [-0.4, -0.2) is 39.5 Å². The minimum atomic E-state index is -4.07. The number of hydrogen-bond donors (Lipinski definition) is 3. The summed E-state index contributed by atoms with van der Waals surface area (Å²) in [5.74, 6) is -1.32. The molecule has 3 aromatic rings. The number of rotatable bonds is 7. The molecule has 0 unspecified atom stereocenters. The molecule has 0 saturated heterocycles. The fraction of sp³-hybridized carbons (Fsp3) is 0.125. The van der Waals surface area contributed by atoms with Crippen molar-refractivity contribution < 1.29 is 26.9 Å². The van der Waals surface area contributed by atoms with Crippen LogP contribution in [0.15, 0.2) is 60.7 Å². The Kier molecular flexibility index (Phi) is 7.02. The number of carbonyl (C=O) groups is 2. The maximum atomic E-state index is 13.2. The van der Waals surface area contributed by atoms with Crippen molar-refractivity contribution in [1.29, 1.82) is 5.41 Å². The zero-order chi connectivity index (χ0) is 25.0. The molecule has 4 N–H and O–H groups in total. The van der Waals surface area contributed by atoms with Crippen molar-refractivity contribution in [2.45, 2.75) is 6.92 Å². The summed E-state index contributed by atoms with van der Waals surface area (Å²) in [4.78, 5) is 25.9. The van der Waals surface area contributed by atoms with Gasteiger partial charge in [0.2, 0.25) is 0 Å². The van der Waals surface area contributed by atoms with Gasteiger partial charge >= 0.3 is 16.1 Å². The Bertz CT molecular complexity index is 1380. The van der Waals surface area contributed by atoms with Crippen molar-refractivity contribution in [3.63, 3.8) is 0 Å². The van der Waals surface area contributed by atoms with Gasteiger partial charge < -0.3 is 20.0 Å². The van der Waals surface area contributed by atoms with Gasteiger partial charge in [-0.1, -0.05) is 17.7 Å². The van der Waals surface area contributed by atoms with Gasteiger partial charge in [-0.2, -0.15) is 8.42 Å². The summed E-state index contributed by atoms with van der Waals surface area (Å²) in [5, 5.41) is 10.3. The molecule has 10 heteroatoms.